The smallest absolute Gasteiger partial charge is 0.241 e. The third-order valence-corrected chi connectivity index (χ3v) is 6.92. The zero-order valence-electron chi connectivity index (χ0n) is 15.0. The topological polar surface area (TPSA) is 63.2 Å². The highest BCUT2D eigenvalue weighted by Gasteiger charge is 2.43. The molecule has 0 atom stereocenters. The minimum absolute atomic E-state index is 0.148. The van der Waals surface area contributed by atoms with E-state index in [1.165, 1.54) is 12.1 Å². The average Bonchev–Trinajstić information content (AvgIpc) is 2.61. The molecule has 1 N–H and O–H groups in total. The molecule has 7 heteroatoms. The Bertz CT molecular complexity index is 929. The molecule has 1 fully saturated rings. The number of carbonyl (C=O) groups excluding carboxylic acids is 1. The first-order valence-corrected chi connectivity index (χ1v) is 11.1. The van der Waals surface area contributed by atoms with Gasteiger partial charge in [-0.25, -0.2) is 8.42 Å². The van der Waals surface area contributed by atoms with Gasteiger partial charge in [0.25, 0.3) is 0 Å². The number of rotatable bonds is 5. The number of carbonyl (C=O) groups is 1. The Balaban J connectivity index is 1.99. The maximum absolute atomic E-state index is 13.3. The molecule has 2 aromatic carbocycles. The van der Waals surface area contributed by atoms with Gasteiger partial charge in [-0.3, -0.25) is 4.79 Å². The highest BCUT2D eigenvalue weighted by molar-refractivity contribution is 7.89. The van der Waals surface area contributed by atoms with Gasteiger partial charge in [0.05, 0.1) is 10.4 Å². The molecule has 3 rings (SSSR count). The zero-order chi connectivity index (χ0) is 19.7. The van der Waals surface area contributed by atoms with Gasteiger partial charge in [-0.2, -0.15) is 4.72 Å². The number of aryl methyl sites for hydroxylation is 1. The molecule has 2 aromatic rings. The van der Waals surface area contributed by atoms with Crippen molar-refractivity contribution in [3.05, 3.63) is 63.6 Å². The van der Waals surface area contributed by atoms with Crippen molar-refractivity contribution in [2.24, 2.45) is 0 Å². The molecular weight excluding hydrogens is 405 g/mol. The molecule has 0 unspecified atom stereocenters. The van der Waals surface area contributed by atoms with E-state index in [0.29, 0.717) is 28.5 Å². The van der Waals surface area contributed by atoms with Crippen LogP contribution in [0.4, 0.5) is 0 Å². The average molecular weight is 426 g/mol. The summed E-state index contributed by atoms with van der Waals surface area (Å²) in [5, 5.41) is 0.691. The molecule has 0 aromatic heterocycles. The van der Waals surface area contributed by atoms with Crippen molar-refractivity contribution < 1.29 is 13.2 Å². The number of Topliss-reactive ketones (excluding diaryl/α,β-unsaturated/α-hetero) is 1. The summed E-state index contributed by atoms with van der Waals surface area (Å²) < 4.78 is 28.7. The van der Waals surface area contributed by atoms with Crippen molar-refractivity contribution >= 4 is 39.0 Å². The van der Waals surface area contributed by atoms with E-state index in [9.17, 15) is 13.2 Å². The summed E-state index contributed by atoms with van der Waals surface area (Å²) in [5.74, 6) is -0.290. The number of ketones is 1. The molecule has 1 aliphatic carbocycles. The largest absolute Gasteiger partial charge is 0.292 e. The monoisotopic (exact) mass is 425 g/mol. The second-order valence-corrected chi connectivity index (χ2v) is 9.60. The van der Waals surface area contributed by atoms with E-state index in [0.717, 1.165) is 24.8 Å². The summed E-state index contributed by atoms with van der Waals surface area (Å²) in [6.45, 7) is 1.89. The molecule has 27 heavy (non-hydrogen) atoms. The molecule has 1 aliphatic rings. The molecule has 0 radical (unpaired) electrons. The third-order valence-electron chi connectivity index (χ3n) is 4.93. The molecule has 144 valence electrons. The molecule has 0 saturated heterocycles. The van der Waals surface area contributed by atoms with Crippen LogP contribution < -0.4 is 4.72 Å². The molecule has 0 heterocycles. The zero-order valence-corrected chi connectivity index (χ0v) is 17.3. The molecule has 0 aliphatic heterocycles. The van der Waals surface area contributed by atoms with Gasteiger partial charge in [0.1, 0.15) is 0 Å². The molecule has 1 saturated carbocycles. The van der Waals surface area contributed by atoms with Crippen LogP contribution in [0.15, 0.2) is 47.4 Å². The first-order chi connectivity index (χ1) is 12.7. The Morgan fingerprint density at radius 2 is 1.52 bits per heavy atom. The van der Waals surface area contributed by atoms with Crippen LogP contribution in [0.5, 0.6) is 0 Å². The number of hydrogen-bond donors (Lipinski definition) is 1. The first kappa shape index (κ1) is 20.3. The van der Waals surface area contributed by atoms with Gasteiger partial charge in [0, 0.05) is 15.6 Å². The molecule has 0 amide bonds. The summed E-state index contributed by atoms with van der Waals surface area (Å²) in [5.41, 5.74) is 0.0997. The predicted octanol–water partition coefficient (Wildman–Crippen LogP) is 5.17. The summed E-state index contributed by atoms with van der Waals surface area (Å²) in [6.07, 6.45) is 3.41. The lowest BCUT2D eigenvalue weighted by molar-refractivity contribution is 0.0826. The molecule has 4 nitrogen and oxygen atoms in total. The van der Waals surface area contributed by atoms with E-state index in [1.54, 1.807) is 30.3 Å². The second-order valence-electron chi connectivity index (χ2n) is 7.05. The SMILES string of the molecule is Cc1ccc(S(=O)(=O)NC2(C(=O)c3cc(Cl)cc(Cl)c3)CCCCC2)cc1. The van der Waals surface area contributed by atoms with E-state index in [1.807, 2.05) is 6.92 Å². The van der Waals surface area contributed by atoms with E-state index < -0.39 is 15.6 Å². The summed E-state index contributed by atoms with van der Waals surface area (Å²) >= 11 is 12.1. The lowest BCUT2D eigenvalue weighted by Crippen LogP contribution is -2.55. The van der Waals surface area contributed by atoms with Gasteiger partial charge in [0.2, 0.25) is 10.0 Å². The predicted molar refractivity (Wildman–Crippen MR) is 108 cm³/mol. The van der Waals surface area contributed by atoms with E-state index >= 15 is 0 Å². The minimum atomic E-state index is -3.85. The Kier molecular flexibility index (Phi) is 5.96. The van der Waals surface area contributed by atoms with Crippen LogP contribution in [0.2, 0.25) is 10.0 Å². The normalized spacial score (nSPS) is 16.9. The number of sulfonamides is 1. The fourth-order valence-electron chi connectivity index (χ4n) is 3.53. The maximum atomic E-state index is 13.3. The third kappa shape index (κ3) is 4.54. The molecule has 0 bridgehead atoms. The van der Waals surface area contributed by atoms with Crippen molar-refractivity contribution in [2.45, 2.75) is 49.5 Å². The quantitative estimate of drug-likeness (QED) is 0.672. The van der Waals surface area contributed by atoms with Crippen LogP contribution in [-0.4, -0.2) is 19.7 Å². The van der Waals surface area contributed by atoms with Crippen LogP contribution in [0.3, 0.4) is 0 Å². The Hall–Kier alpha value is -1.40. The van der Waals surface area contributed by atoms with Gasteiger partial charge in [-0.1, -0.05) is 60.2 Å². The van der Waals surface area contributed by atoms with Crippen molar-refractivity contribution in [3.8, 4) is 0 Å². The van der Waals surface area contributed by atoms with Gasteiger partial charge in [-0.15, -0.1) is 0 Å². The van der Waals surface area contributed by atoms with Crippen LogP contribution in [-0.2, 0) is 10.0 Å². The highest BCUT2D eigenvalue weighted by atomic mass is 35.5. The van der Waals surface area contributed by atoms with E-state index in [2.05, 4.69) is 4.72 Å². The number of nitrogens with one attached hydrogen (secondary N) is 1. The van der Waals surface area contributed by atoms with Crippen LogP contribution in [0, 0.1) is 6.92 Å². The fourth-order valence-corrected chi connectivity index (χ4v) is 5.48. The van der Waals surface area contributed by atoms with Gasteiger partial charge < -0.3 is 0 Å². The van der Waals surface area contributed by atoms with Crippen molar-refractivity contribution in [3.63, 3.8) is 0 Å². The van der Waals surface area contributed by atoms with E-state index in [4.69, 9.17) is 23.2 Å². The summed E-state index contributed by atoms with van der Waals surface area (Å²) in [7, 11) is -3.85. The number of hydrogen-bond acceptors (Lipinski definition) is 3. The van der Waals surface area contributed by atoms with Gasteiger partial charge in [0.15, 0.2) is 5.78 Å². The lowest BCUT2D eigenvalue weighted by atomic mass is 9.77. The highest BCUT2D eigenvalue weighted by Crippen LogP contribution is 2.34. The lowest BCUT2D eigenvalue weighted by Gasteiger charge is -2.36. The fraction of sp³-hybridized carbons (Fsp3) is 0.350. The molecule has 0 spiro atoms. The Morgan fingerprint density at radius 1 is 0.963 bits per heavy atom. The van der Waals surface area contributed by atoms with Crippen molar-refractivity contribution in [1.82, 2.24) is 4.72 Å². The maximum Gasteiger partial charge on any atom is 0.241 e. The Labute approximate surface area is 169 Å². The Morgan fingerprint density at radius 3 is 2.07 bits per heavy atom. The van der Waals surface area contributed by atoms with E-state index in [-0.39, 0.29) is 10.7 Å². The molecular formula is C20H21Cl2NO3S. The second kappa shape index (κ2) is 7.92. The number of halogens is 2. The van der Waals surface area contributed by atoms with Crippen LogP contribution >= 0.6 is 23.2 Å². The minimum Gasteiger partial charge on any atom is -0.292 e. The van der Waals surface area contributed by atoms with Crippen molar-refractivity contribution in [2.75, 3.05) is 0 Å². The summed E-state index contributed by atoms with van der Waals surface area (Å²) in [6, 6.07) is 11.2. The van der Waals surface area contributed by atoms with Crippen LogP contribution in [0.25, 0.3) is 0 Å². The van der Waals surface area contributed by atoms with Crippen LogP contribution in [0.1, 0.15) is 48.0 Å². The van der Waals surface area contributed by atoms with Gasteiger partial charge in [-0.05, 0) is 50.1 Å². The summed E-state index contributed by atoms with van der Waals surface area (Å²) in [4.78, 5) is 13.5. The van der Waals surface area contributed by atoms with Gasteiger partial charge >= 0.3 is 0 Å². The standard InChI is InChI=1S/C20H21Cl2NO3S/c1-14-5-7-18(8-6-14)27(25,26)23-20(9-3-2-4-10-20)19(24)15-11-16(21)13-17(22)12-15/h5-8,11-13,23H,2-4,9-10H2,1H3. The van der Waals surface area contributed by atoms with Crippen molar-refractivity contribution in [1.29, 1.82) is 0 Å². The first-order valence-electron chi connectivity index (χ1n) is 8.83. The number of benzene rings is 2.